The molecular formula is C15H3K5O10. The normalized spacial score (nSPS) is 8.67. The minimum absolute atomic E-state index is 0. The monoisotopic (exact) mass is 538 g/mol. The summed E-state index contributed by atoms with van der Waals surface area (Å²) in [6, 6.07) is 1.35. The maximum absolute atomic E-state index is 11.3. The van der Waals surface area contributed by atoms with Gasteiger partial charge in [-0.1, -0.05) is 0 Å². The van der Waals surface area contributed by atoms with E-state index in [-0.39, 0.29) is 257 Å². The summed E-state index contributed by atoms with van der Waals surface area (Å²) in [5.74, 6) is -10.3. The number of benzene rings is 2. The minimum atomic E-state index is -2.13. The van der Waals surface area contributed by atoms with Crippen molar-refractivity contribution in [1.29, 1.82) is 0 Å². The van der Waals surface area contributed by atoms with Crippen LogP contribution in [0.5, 0.6) is 0 Å². The van der Waals surface area contributed by atoms with Gasteiger partial charge in [0, 0.05) is 27.6 Å². The van der Waals surface area contributed by atoms with Crippen LogP contribution >= 0.6 is 0 Å². The second kappa shape index (κ2) is 18.5. The van der Waals surface area contributed by atoms with Crippen LogP contribution in [0.2, 0.25) is 0 Å². The van der Waals surface area contributed by atoms with Gasteiger partial charge in [-0.2, -0.15) is 0 Å². The summed E-state index contributed by atoms with van der Waals surface area (Å²) in [7, 11) is 0. The smallest absolute Gasteiger partial charge is 0.545 e. The number of rotatable bonds is 5. The second-order valence-corrected chi connectivity index (χ2v) is 4.73. The Hall–Kier alpha value is 4.23. The van der Waals surface area contributed by atoms with Crippen LogP contribution in [0.3, 0.4) is 0 Å². The van der Waals surface area contributed by atoms with Crippen molar-refractivity contribution in [1.82, 2.24) is 0 Å². The van der Waals surface area contributed by atoms with Gasteiger partial charge in [0.25, 0.3) is 0 Å². The van der Waals surface area contributed by atoms with Gasteiger partial charge < -0.3 is 49.5 Å². The molecule has 2 aromatic rings. The average molecular weight is 539 g/mol. The maximum Gasteiger partial charge on any atom is 1.00 e. The molecule has 2 rings (SSSR count). The molecule has 0 unspecified atom stereocenters. The van der Waals surface area contributed by atoms with Gasteiger partial charge in [0.05, 0.1) is 29.8 Å². The first kappa shape index (κ1) is 41.4. The first-order chi connectivity index (χ1) is 11.6. The zero-order valence-corrected chi connectivity index (χ0v) is 32.4. The molecular weight excluding hydrogens is 536 g/mol. The predicted octanol–water partition coefficient (Wildman–Crippen LogP) is -20.3. The van der Waals surface area contributed by atoms with Gasteiger partial charge in [-0.05, 0) is 29.1 Å². The number of hydrogen-bond acceptors (Lipinski definition) is 10. The minimum Gasteiger partial charge on any atom is -0.545 e. The van der Waals surface area contributed by atoms with Gasteiger partial charge in [-0.25, -0.2) is 0 Å². The van der Waals surface area contributed by atoms with Gasteiger partial charge in [0.15, 0.2) is 0 Å². The van der Waals surface area contributed by atoms with Gasteiger partial charge in [-0.3, -0.25) is 0 Å². The van der Waals surface area contributed by atoms with Crippen LogP contribution in [0.25, 0.3) is 10.8 Å². The fourth-order valence-electron chi connectivity index (χ4n) is 2.38. The van der Waals surface area contributed by atoms with E-state index in [1.165, 1.54) is 0 Å². The zero-order chi connectivity index (χ0) is 19.0. The average Bonchev–Trinajstić information content (AvgIpc) is 2.50. The number of hydrogen-bond donors (Lipinski definition) is 0. The Bertz CT molecular complexity index is 985. The topological polar surface area (TPSA) is 201 Å². The van der Waals surface area contributed by atoms with Crippen molar-refractivity contribution in [3.63, 3.8) is 0 Å². The Labute approximate surface area is 381 Å². The molecule has 0 amide bonds. The Kier molecular flexibility index (Phi) is 25.5. The molecule has 0 aliphatic heterocycles. The maximum atomic E-state index is 11.3. The molecule has 0 atom stereocenters. The third-order valence-corrected chi connectivity index (χ3v) is 3.33. The molecule has 0 aliphatic rings. The van der Waals surface area contributed by atoms with E-state index < -0.39 is 68.4 Å². The molecule has 10 nitrogen and oxygen atoms in total. The van der Waals surface area contributed by atoms with Crippen LogP contribution in [0.4, 0.5) is 0 Å². The predicted molar refractivity (Wildman–Crippen MR) is 65.6 cm³/mol. The van der Waals surface area contributed by atoms with Crippen LogP contribution in [-0.2, 0) is 0 Å². The molecule has 0 radical (unpaired) electrons. The molecule has 2 aromatic carbocycles. The van der Waals surface area contributed by atoms with Gasteiger partial charge >= 0.3 is 257 Å². The van der Waals surface area contributed by atoms with Gasteiger partial charge in [0.2, 0.25) is 0 Å². The Morgan fingerprint density at radius 2 is 0.900 bits per heavy atom. The van der Waals surface area contributed by atoms with E-state index in [0.29, 0.717) is 18.2 Å². The van der Waals surface area contributed by atoms with E-state index in [1.54, 1.807) is 0 Å². The number of carboxylic acids is 5. The molecule has 0 aliphatic carbocycles. The van der Waals surface area contributed by atoms with E-state index in [0.717, 1.165) is 0 Å². The van der Waals surface area contributed by atoms with Crippen molar-refractivity contribution in [3.05, 3.63) is 46.0 Å². The Morgan fingerprint density at radius 1 is 0.500 bits per heavy atom. The molecule has 0 fully saturated rings. The van der Waals surface area contributed by atoms with Crippen molar-refractivity contribution in [2.24, 2.45) is 0 Å². The van der Waals surface area contributed by atoms with E-state index in [4.69, 9.17) is 0 Å². The molecule has 128 valence electrons. The van der Waals surface area contributed by atoms with Gasteiger partial charge in [-0.15, -0.1) is 0 Å². The summed E-state index contributed by atoms with van der Waals surface area (Å²) in [6.07, 6.45) is 0. The molecule has 0 spiro atoms. The third-order valence-electron chi connectivity index (χ3n) is 3.33. The molecule has 0 saturated carbocycles. The SMILES string of the molecule is O=C([O-])c1cc(C(=O)[O-])c2c(C(=O)[O-])cc(C(=O)[O-])c(C(=O)[O-])c2c1.[K+].[K+].[K+].[K+].[K+]. The summed E-state index contributed by atoms with van der Waals surface area (Å²) in [4.78, 5) is 55.9. The van der Waals surface area contributed by atoms with Crippen molar-refractivity contribution in [2.75, 3.05) is 0 Å². The van der Waals surface area contributed by atoms with Gasteiger partial charge in [0.1, 0.15) is 0 Å². The second-order valence-electron chi connectivity index (χ2n) is 4.73. The Balaban J connectivity index is -0.000000676. The number of aromatic carboxylic acids is 5. The van der Waals surface area contributed by atoms with E-state index in [2.05, 4.69) is 0 Å². The summed E-state index contributed by atoms with van der Waals surface area (Å²) in [5, 5.41) is 54.2. The number of fused-ring (bicyclic) bond motifs is 1. The van der Waals surface area contributed by atoms with Crippen LogP contribution in [0.15, 0.2) is 18.2 Å². The van der Waals surface area contributed by atoms with E-state index in [1.807, 2.05) is 0 Å². The van der Waals surface area contributed by atoms with Crippen LogP contribution < -0.4 is 282 Å². The van der Waals surface area contributed by atoms with Crippen molar-refractivity contribution < 1.29 is 306 Å². The van der Waals surface area contributed by atoms with Crippen LogP contribution in [0, 0.1) is 0 Å². The molecule has 0 heterocycles. The van der Waals surface area contributed by atoms with Crippen LogP contribution in [-0.4, -0.2) is 29.8 Å². The molecule has 0 N–H and O–H groups in total. The fraction of sp³-hybridized carbons (Fsp3) is 0. The number of carbonyl (C=O) groups excluding carboxylic acids is 5. The number of carbonyl (C=O) groups is 5. The molecule has 0 aromatic heterocycles. The van der Waals surface area contributed by atoms with Crippen molar-refractivity contribution in [2.45, 2.75) is 0 Å². The summed E-state index contributed by atoms with van der Waals surface area (Å²) < 4.78 is 0. The third kappa shape index (κ3) is 9.94. The fourth-order valence-corrected chi connectivity index (χ4v) is 2.38. The quantitative estimate of drug-likeness (QED) is 0.329. The standard InChI is InChI=1S/C15H8O10.5K/c16-11(17)4-1-5-9(6(2-4)12(18)19)7(13(20)21)3-8(14(22)23)10(5)15(24)25;;;;;/h1-3H,(H,16,17)(H,18,19)(H,20,21)(H,22,23)(H,24,25);;;;;/q;5*+1/p-5. The first-order valence-corrected chi connectivity index (χ1v) is 6.27. The first-order valence-electron chi connectivity index (χ1n) is 6.27. The molecule has 0 saturated heterocycles. The molecule has 30 heavy (non-hydrogen) atoms. The molecule has 0 bridgehead atoms. The van der Waals surface area contributed by atoms with E-state index >= 15 is 0 Å². The van der Waals surface area contributed by atoms with Crippen molar-refractivity contribution >= 4 is 40.6 Å². The largest absolute Gasteiger partial charge is 1.00 e. The zero-order valence-electron chi connectivity index (χ0n) is 16.8. The summed E-state index contributed by atoms with van der Waals surface area (Å²) >= 11 is 0. The van der Waals surface area contributed by atoms with Crippen LogP contribution in [0.1, 0.15) is 51.8 Å². The summed E-state index contributed by atoms with van der Waals surface area (Å²) in [5.41, 5.74) is -5.20. The van der Waals surface area contributed by atoms with E-state index in [9.17, 15) is 49.5 Å². The van der Waals surface area contributed by atoms with Crippen molar-refractivity contribution in [3.8, 4) is 0 Å². The summed E-state index contributed by atoms with van der Waals surface area (Å²) in [6.45, 7) is 0. The number of carboxylic acid groups (broad SMARTS) is 5. The molecule has 15 heteroatoms. The Morgan fingerprint density at radius 3 is 1.23 bits per heavy atom.